The van der Waals surface area contributed by atoms with Gasteiger partial charge in [0.25, 0.3) is 5.91 Å². The van der Waals surface area contributed by atoms with E-state index in [0.717, 1.165) is 53.4 Å². The molecule has 0 spiro atoms. The molecule has 9 heteroatoms. The van der Waals surface area contributed by atoms with Crippen LogP contribution in [-0.2, 0) is 26.3 Å². The van der Waals surface area contributed by atoms with E-state index >= 15 is 0 Å². The molecule has 1 fully saturated rings. The molecule has 0 aliphatic carbocycles. The maximum absolute atomic E-state index is 13.7. The molecule has 210 valence electrons. The van der Waals surface area contributed by atoms with Crippen LogP contribution in [0.5, 0.6) is 0 Å². The second-order valence-electron chi connectivity index (χ2n) is 10.2. The summed E-state index contributed by atoms with van der Waals surface area (Å²) >= 11 is 0. The number of halogens is 1. The number of fused-ring (bicyclic) bond motifs is 1. The molecule has 2 aliphatic rings. The number of nitrogens with zero attached hydrogens (tertiary/aromatic N) is 3. The topological polar surface area (TPSA) is 122 Å². The lowest BCUT2D eigenvalue weighted by Crippen LogP contribution is -2.44. The second kappa shape index (κ2) is 12.6. The van der Waals surface area contributed by atoms with Gasteiger partial charge in [-0.25, -0.2) is 14.0 Å². The number of piperidine rings is 1. The summed E-state index contributed by atoms with van der Waals surface area (Å²) < 4.78 is 13.7. The Labute approximate surface area is 237 Å². The average Bonchev–Trinajstić information content (AvgIpc) is 3.33. The molecule has 2 aliphatic heterocycles. The Morgan fingerprint density at radius 1 is 1.02 bits per heavy atom. The molecule has 2 N–H and O–H groups in total. The molecule has 0 saturated carbocycles. The van der Waals surface area contributed by atoms with E-state index < -0.39 is 17.4 Å². The zero-order chi connectivity index (χ0) is 29.6. The van der Waals surface area contributed by atoms with Gasteiger partial charge in [0, 0.05) is 36.2 Å². The van der Waals surface area contributed by atoms with Crippen LogP contribution in [0.1, 0.15) is 29.5 Å². The number of hydrogen-bond donors (Lipinski definition) is 2. The zero-order valence-corrected chi connectivity index (χ0v) is 22.6. The van der Waals surface area contributed by atoms with Gasteiger partial charge in [-0.05, 0) is 79.1 Å². The van der Waals surface area contributed by atoms with E-state index in [2.05, 4.69) is 24.1 Å². The normalized spacial score (nSPS) is 16.7. The quantitative estimate of drug-likeness (QED) is 0.430. The molecule has 1 saturated heterocycles. The molecule has 3 aromatic carbocycles. The standard InChI is InChI=1S/C28H26FN3O.C4H4O4/c1-31-14-11-28(12-15-31,23-6-8-24(29)9-7-23)26-10-13-32(27(26)33)19-22-17-20(18-30)16-21-4-2-3-5-25(21)22;5-3(6)1-2-4(7)8/h2-10,16-17H,11-15,19H2,1H3;1-2H,(H,5,6)(H,7,8)/b;2-1+. The van der Waals surface area contributed by atoms with Crippen molar-refractivity contribution in [1.29, 1.82) is 5.26 Å². The lowest BCUT2D eigenvalue weighted by molar-refractivity contribution is -0.134. The lowest BCUT2D eigenvalue weighted by atomic mass is 9.67. The molecule has 8 nitrogen and oxygen atoms in total. The minimum absolute atomic E-state index is 0.0373. The first-order valence-electron chi connectivity index (χ1n) is 13.1. The van der Waals surface area contributed by atoms with E-state index in [1.165, 1.54) is 12.1 Å². The van der Waals surface area contributed by atoms with Crippen LogP contribution in [-0.4, -0.2) is 64.5 Å². The summed E-state index contributed by atoms with van der Waals surface area (Å²) in [6.45, 7) is 2.76. The van der Waals surface area contributed by atoms with Crippen LogP contribution < -0.4 is 0 Å². The Bertz CT molecular complexity index is 1550. The smallest absolute Gasteiger partial charge is 0.328 e. The van der Waals surface area contributed by atoms with Gasteiger partial charge >= 0.3 is 11.9 Å². The van der Waals surface area contributed by atoms with E-state index in [-0.39, 0.29) is 11.7 Å². The van der Waals surface area contributed by atoms with Crippen LogP contribution in [0.25, 0.3) is 10.8 Å². The van der Waals surface area contributed by atoms with Gasteiger partial charge in [0.1, 0.15) is 5.82 Å². The first-order valence-corrected chi connectivity index (χ1v) is 13.1. The Balaban J connectivity index is 0.000000426. The van der Waals surface area contributed by atoms with Gasteiger partial charge in [0.05, 0.1) is 11.6 Å². The monoisotopic (exact) mass is 555 g/mol. The van der Waals surface area contributed by atoms with Crippen molar-refractivity contribution in [3.63, 3.8) is 0 Å². The molecular formula is C32H30FN3O5. The van der Waals surface area contributed by atoms with Crippen molar-refractivity contribution in [3.8, 4) is 6.07 Å². The Kier molecular flexibility index (Phi) is 8.95. The predicted molar refractivity (Wildman–Crippen MR) is 151 cm³/mol. The summed E-state index contributed by atoms with van der Waals surface area (Å²) in [6.07, 6.45) is 4.83. The number of rotatable bonds is 6. The van der Waals surface area contributed by atoms with Crippen LogP contribution in [0, 0.1) is 17.1 Å². The van der Waals surface area contributed by atoms with Crippen molar-refractivity contribution < 1.29 is 29.0 Å². The number of nitriles is 1. The predicted octanol–water partition coefficient (Wildman–Crippen LogP) is 4.49. The van der Waals surface area contributed by atoms with Crippen LogP contribution in [0.3, 0.4) is 0 Å². The number of amides is 1. The molecule has 0 aromatic heterocycles. The molecule has 0 bridgehead atoms. The van der Waals surface area contributed by atoms with Gasteiger partial charge in [-0.3, -0.25) is 4.79 Å². The molecular weight excluding hydrogens is 525 g/mol. The molecule has 41 heavy (non-hydrogen) atoms. The number of hydrogen-bond acceptors (Lipinski definition) is 5. The SMILES string of the molecule is CN1CCC(C2=CCN(Cc3cc(C#N)cc4ccccc34)C2=O)(c2ccc(F)cc2)CC1.O=C(O)/C=C/C(=O)O. The molecule has 5 rings (SSSR count). The third kappa shape index (κ3) is 6.68. The van der Waals surface area contributed by atoms with Crippen molar-refractivity contribution >= 4 is 28.6 Å². The van der Waals surface area contributed by atoms with E-state index in [9.17, 15) is 24.0 Å². The Hall–Kier alpha value is -4.81. The van der Waals surface area contributed by atoms with E-state index in [1.807, 2.05) is 53.4 Å². The highest BCUT2D eigenvalue weighted by atomic mass is 19.1. The van der Waals surface area contributed by atoms with Gasteiger partial charge in [0.2, 0.25) is 0 Å². The summed E-state index contributed by atoms with van der Waals surface area (Å²) in [6, 6.07) is 20.6. The largest absolute Gasteiger partial charge is 0.478 e. The number of likely N-dealkylation sites (tertiary alicyclic amines) is 1. The summed E-state index contributed by atoms with van der Waals surface area (Å²) in [5, 5.41) is 27.2. The lowest BCUT2D eigenvalue weighted by Gasteiger charge is -2.42. The van der Waals surface area contributed by atoms with Crippen LogP contribution in [0.4, 0.5) is 4.39 Å². The summed E-state index contributed by atoms with van der Waals surface area (Å²) in [7, 11) is 2.10. The van der Waals surface area contributed by atoms with Crippen LogP contribution in [0.2, 0.25) is 0 Å². The second-order valence-corrected chi connectivity index (χ2v) is 10.2. The molecule has 0 atom stereocenters. The van der Waals surface area contributed by atoms with Crippen LogP contribution >= 0.6 is 0 Å². The van der Waals surface area contributed by atoms with Gasteiger partial charge in [0.15, 0.2) is 0 Å². The maximum Gasteiger partial charge on any atom is 0.328 e. The number of benzene rings is 3. The Morgan fingerprint density at radius 3 is 2.27 bits per heavy atom. The fraction of sp³-hybridized carbons (Fsp3) is 0.250. The molecule has 1 amide bonds. The highest BCUT2D eigenvalue weighted by molar-refractivity contribution is 5.99. The third-order valence-corrected chi connectivity index (χ3v) is 7.59. The minimum atomic E-state index is -1.26. The van der Waals surface area contributed by atoms with E-state index in [0.29, 0.717) is 30.8 Å². The first-order chi connectivity index (χ1) is 19.6. The molecule has 3 aromatic rings. The van der Waals surface area contributed by atoms with E-state index in [1.54, 1.807) is 0 Å². The molecule has 0 radical (unpaired) electrons. The zero-order valence-electron chi connectivity index (χ0n) is 22.6. The Morgan fingerprint density at radius 2 is 1.66 bits per heavy atom. The van der Waals surface area contributed by atoms with Crippen molar-refractivity contribution in [1.82, 2.24) is 9.80 Å². The van der Waals surface area contributed by atoms with Gasteiger partial charge in [-0.15, -0.1) is 0 Å². The highest BCUT2D eigenvalue weighted by Gasteiger charge is 2.44. The summed E-state index contributed by atoms with van der Waals surface area (Å²) in [4.78, 5) is 37.0. The summed E-state index contributed by atoms with van der Waals surface area (Å²) in [5.41, 5.74) is 3.01. The maximum atomic E-state index is 13.7. The number of carboxylic acids is 2. The van der Waals surface area contributed by atoms with E-state index in [4.69, 9.17) is 10.2 Å². The van der Waals surface area contributed by atoms with Crippen molar-refractivity contribution in [2.24, 2.45) is 0 Å². The van der Waals surface area contributed by atoms with Crippen molar-refractivity contribution in [2.75, 3.05) is 26.7 Å². The molecule has 0 unspecified atom stereocenters. The average molecular weight is 556 g/mol. The number of aliphatic carboxylic acids is 2. The number of carboxylic acid groups (broad SMARTS) is 2. The fourth-order valence-corrected chi connectivity index (χ4v) is 5.49. The first kappa shape index (κ1) is 29.2. The number of carbonyl (C=O) groups is 3. The van der Waals surface area contributed by atoms with Crippen LogP contribution in [0.15, 0.2) is 84.5 Å². The van der Waals surface area contributed by atoms with Crippen molar-refractivity contribution in [3.05, 3.63) is 107 Å². The van der Waals surface area contributed by atoms with Gasteiger partial charge < -0.3 is 20.0 Å². The van der Waals surface area contributed by atoms with Crippen molar-refractivity contribution in [2.45, 2.75) is 24.8 Å². The van der Waals surface area contributed by atoms with Gasteiger partial charge in [-0.2, -0.15) is 5.26 Å². The highest BCUT2D eigenvalue weighted by Crippen LogP contribution is 2.44. The minimum Gasteiger partial charge on any atom is -0.478 e. The number of carbonyl (C=O) groups excluding carboxylic acids is 1. The third-order valence-electron chi connectivity index (χ3n) is 7.59. The summed E-state index contributed by atoms with van der Waals surface area (Å²) in [5.74, 6) is -2.74. The molecule has 2 heterocycles. The fourth-order valence-electron chi connectivity index (χ4n) is 5.49. The van der Waals surface area contributed by atoms with Gasteiger partial charge in [-0.1, -0.05) is 42.5 Å².